The normalized spacial score (nSPS) is 47.7. The quantitative estimate of drug-likeness (QED) is 0.417. The van der Waals surface area contributed by atoms with Gasteiger partial charge >= 0.3 is 0 Å². The highest BCUT2D eigenvalue weighted by molar-refractivity contribution is 5.22. The third kappa shape index (κ3) is 1.12. The molecule has 0 bridgehead atoms. The highest BCUT2D eigenvalue weighted by atomic mass is 16.7. The lowest BCUT2D eigenvalue weighted by molar-refractivity contribution is 0.272. The predicted octanol–water partition coefficient (Wildman–Crippen LogP) is 1.28. The second-order valence-electron chi connectivity index (χ2n) is 2.89. The Morgan fingerprint density at radius 2 is 1.55 bits per heavy atom. The van der Waals surface area contributed by atoms with Gasteiger partial charge in [-0.15, -0.1) is 0 Å². The molecule has 0 aromatic rings. The van der Waals surface area contributed by atoms with Crippen molar-refractivity contribution in [3.8, 4) is 0 Å². The molecule has 2 saturated heterocycles. The van der Waals surface area contributed by atoms with Crippen LogP contribution in [0.3, 0.4) is 0 Å². The number of fused-ring (bicyclic) bond motifs is 4. The fraction of sp³-hybridized carbons (Fsp3) is 0.556. The summed E-state index contributed by atoms with van der Waals surface area (Å²) < 4.78 is 10.1. The molecule has 0 unspecified atom stereocenters. The van der Waals surface area contributed by atoms with E-state index in [2.05, 4.69) is 6.58 Å². The van der Waals surface area contributed by atoms with E-state index in [1.165, 1.54) is 0 Å². The largest absolute Gasteiger partial charge is 0.364 e. The Labute approximate surface area is 66.5 Å². The Morgan fingerprint density at radius 3 is 1.64 bits per heavy atom. The van der Waals surface area contributed by atoms with Gasteiger partial charge in [0.05, 0.1) is 0 Å². The molecule has 3 fully saturated rings. The minimum Gasteiger partial charge on any atom is -0.364 e. The average molecular weight is 152 g/mol. The van der Waals surface area contributed by atoms with Crippen LogP contribution in [0, 0.1) is 0 Å². The molecule has 0 spiro atoms. The second-order valence-corrected chi connectivity index (χ2v) is 2.89. The van der Waals surface area contributed by atoms with Crippen molar-refractivity contribution in [1.29, 1.82) is 0 Å². The van der Waals surface area contributed by atoms with Crippen molar-refractivity contribution in [3.63, 3.8) is 0 Å². The van der Waals surface area contributed by atoms with Crippen molar-refractivity contribution in [3.05, 3.63) is 24.8 Å². The fourth-order valence-corrected chi connectivity index (χ4v) is 1.32. The van der Waals surface area contributed by atoms with Crippen LogP contribution in [0.4, 0.5) is 0 Å². The van der Waals surface area contributed by atoms with Gasteiger partial charge in [-0.1, -0.05) is 24.8 Å². The molecule has 0 radical (unpaired) electrons. The minimum atomic E-state index is 0.551. The number of allylic oxidation sites excluding steroid dienone is 3. The van der Waals surface area contributed by atoms with Gasteiger partial charge in [0.2, 0.25) is 0 Å². The molecule has 1 saturated carbocycles. The van der Waals surface area contributed by atoms with Gasteiger partial charge in [-0.05, 0) is 6.92 Å². The van der Waals surface area contributed by atoms with E-state index in [1.807, 2.05) is 19.1 Å². The van der Waals surface area contributed by atoms with Crippen LogP contribution in [0.15, 0.2) is 24.8 Å². The lowest BCUT2D eigenvalue weighted by Crippen LogP contribution is -2.20. The predicted molar refractivity (Wildman–Crippen MR) is 42.3 cm³/mol. The summed E-state index contributed by atoms with van der Waals surface area (Å²) in [6, 6.07) is 0. The summed E-state index contributed by atoms with van der Waals surface area (Å²) in [6.07, 6.45) is 7.78. The number of hydrogen-bond donors (Lipinski definition) is 0. The van der Waals surface area contributed by atoms with Crippen LogP contribution in [0.1, 0.15) is 6.92 Å². The summed E-state index contributed by atoms with van der Waals surface area (Å²) in [6.45, 7) is 5.42. The molecular weight excluding hydrogens is 140 g/mol. The molecule has 3 aliphatic rings. The van der Waals surface area contributed by atoms with Crippen LogP contribution in [-0.2, 0) is 9.47 Å². The molecule has 2 nitrogen and oxygen atoms in total. The van der Waals surface area contributed by atoms with Crippen LogP contribution < -0.4 is 0 Å². The van der Waals surface area contributed by atoms with Crippen molar-refractivity contribution >= 4 is 0 Å². The van der Waals surface area contributed by atoms with E-state index in [-0.39, 0.29) is 0 Å². The van der Waals surface area contributed by atoms with Crippen molar-refractivity contribution in [2.24, 2.45) is 0 Å². The maximum Gasteiger partial charge on any atom is 0.116 e. The topological polar surface area (TPSA) is 25.1 Å². The van der Waals surface area contributed by atoms with Gasteiger partial charge in [0.1, 0.15) is 24.4 Å². The van der Waals surface area contributed by atoms with Gasteiger partial charge in [0, 0.05) is 0 Å². The monoisotopic (exact) mass is 152 g/mol. The Balaban J connectivity index is 0.0000000907. The molecule has 0 aromatic carbocycles. The number of ether oxygens (including phenoxy) is 2. The summed E-state index contributed by atoms with van der Waals surface area (Å²) in [4.78, 5) is 0. The summed E-state index contributed by atoms with van der Waals surface area (Å²) in [7, 11) is 0. The molecule has 0 N–H and O–H groups in total. The lowest BCUT2D eigenvalue weighted by atomic mass is 10.0. The van der Waals surface area contributed by atoms with Crippen LogP contribution in [0.25, 0.3) is 0 Å². The molecule has 60 valence electrons. The first kappa shape index (κ1) is 7.07. The Kier molecular flexibility index (Phi) is 1.59. The zero-order valence-electron chi connectivity index (χ0n) is 6.57. The van der Waals surface area contributed by atoms with Gasteiger partial charge in [-0.25, -0.2) is 0 Å². The first-order valence-corrected chi connectivity index (χ1v) is 3.93. The standard InChI is InChI=1S/C5H8.C4H4O2/c1-3-5-4-2;5-1-2(5)4-3(1)6-4/h3-5H,1H2,2H3;1-4H. The minimum absolute atomic E-state index is 0.551. The van der Waals surface area contributed by atoms with E-state index in [0.29, 0.717) is 24.4 Å². The molecule has 2 heterocycles. The van der Waals surface area contributed by atoms with Crippen molar-refractivity contribution < 1.29 is 9.47 Å². The maximum atomic E-state index is 5.06. The lowest BCUT2D eigenvalue weighted by Gasteiger charge is -1.88. The smallest absolute Gasteiger partial charge is 0.116 e. The van der Waals surface area contributed by atoms with Crippen LogP contribution in [0.5, 0.6) is 0 Å². The van der Waals surface area contributed by atoms with Gasteiger partial charge in [0.25, 0.3) is 0 Å². The number of hydrogen-bond acceptors (Lipinski definition) is 2. The van der Waals surface area contributed by atoms with Crippen molar-refractivity contribution in [2.45, 2.75) is 31.3 Å². The fourth-order valence-electron chi connectivity index (χ4n) is 1.32. The first-order valence-electron chi connectivity index (χ1n) is 3.93. The summed E-state index contributed by atoms with van der Waals surface area (Å²) in [5.74, 6) is 0. The van der Waals surface area contributed by atoms with E-state index in [1.54, 1.807) is 6.08 Å². The van der Waals surface area contributed by atoms with Gasteiger partial charge in [-0.3, -0.25) is 0 Å². The molecule has 1 aliphatic carbocycles. The zero-order valence-corrected chi connectivity index (χ0v) is 6.57. The number of epoxide rings is 2. The second kappa shape index (κ2) is 2.47. The molecule has 2 aliphatic heterocycles. The van der Waals surface area contributed by atoms with Gasteiger partial charge in [-0.2, -0.15) is 0 Å². The van der Waals surface area contributed by atoms with Crippen molar-refractivity contribution in [1.82, 2.24) is 0 Å². The Hall–Kier alpha value is -0.600. The first-order chi connectivity index (χ1) is 5.38. The van der Waals surface area contributed by atoms with E-state index in [9.17, 15) is 0 Å². The summed E-state index contributed by atoms with van der Waals surface area (Å²) >= 11 is 0. The molecule has 0 atom stereocenters. The molecule has 2 heteroatoms. The van der Waals surface area contributed by atoms with E-state index < -0.39 is 0 Å². The number of rotatable bonds is 1. The van der Waals surface area contributed by atoms with Crippen LogP contribution >= 0.6 is 0 Å². The SMILES string of the molecule is C=CC=CC.O1C2C1C1OC21. The molecule has 3 rings (SSSR count). The van der Waals surface area contributed by atoms with Gasteiger partial charge in [0.15, 0.2) is 0 Å². The summed E-state index contributed by atoms with van der Waals surface area (Å²) in [5.41, 5.74) is 0. The average Bonchev–Trinajstić information content (AvgIpc) is 2.73. The third-order valence-electron chi connectivity index (χ3n) is 2.10. The highest BCUT2D eigenvalue weighted by Crippen LogP contribution is 2.56. The Morgan fingerprint density at radius 1 is 1.09 bits per heavy atom. The third-order valence-corrected chi connectivity index (χ3v) is 2.10. The van der Waals surface area contributed by atoms with Crippen LogP contribution in [-0.4, -0.2) is 24.4 Å². The van der Waals surface area contributed by atoms with E-state index in [0.717, 1.165) is 0 Å². The van der Waals surface area contributed by atoms with Crippen LogP contribution in [0.2, 0.25) is 0 Å². The molecule has 11 heavy (non-hydrogen) atoms. The molecular formula is C9H12O2. The van der Waals surface area contributed by atoms with E-state index in [4.69, 9.17) is 9.47 Å². The maximum absolute atomic E-state index is 5.06. The zero-order chi connectivity index (χ0) is 7.84. The summed E-state index contributed by atoms with van der Waals surface area (Å²) in [5, 5.41) is 0. The molecule has 0 aromatic heterocycles. The van der Waals surface area contributed by atoms with Gasteiger partial charge < -0.3 is 9.47 Å². The Bertz CT molecular complexity index is 164. The molecule has 0 amide bonds. The van der Waals surface area contributed by atoms with E-state index >= 15 is 0 Å². The highest BCUT2D eigenvalue weighted by Gasteiger charge is 2.76. The van der Waals surface area contributed by atoms with Crippen molar-refractivity contribution in [2.75, 3.05) is 0 Å².